The monoisotopic (exact) mass is 307 g/mol. The van der Waals surface area contributed by atoms with Gasteiger partial charge in [-0.2, -0.15) is 8.78 Å². The molecule has 0 bridgehead atoms. The lowest BCUT2D eigenvalue weighted by molar-refractivity contribution is -0.0512. The molecule has 0 aromatic heterocycles. The normalized spacial score (nSPS) is 10.6. The second-order valence-electron chi connectivity index (χ2n) is 5.09. The molecule has 2 rings (SSSR count). The van der Waals surface area contributed by atoms with Crippen LogP contribution in [0.15, 0.2) is 36.4 Å². The summed E-state index contributed by atoms with van der Waals surface area (Å²) in [5, 5.41) is 3.28. The predicted molar refractivity (Wildman–Crippen MR) is 82.9 cm³/mol. The molecule has 0 unspecified atom stereocenters. The van der Waals surface area contributed by atoms with Gasteiger partial charge >= 0.3 is 6.61 Å². The van der Waals surface area contributed by atoms with Crippen molar-refractivity contribution in [2.45, 2.75) is 27.0 Å². The standard InChI is InChI=1S/C17H19F2NO2/c1-11-6-12(2)8-14(7-11)20-10-13-4-5-15(21-3)16(9-13)22-17(18)19/h4-9,17,20H,10H2,1-3H3. The van der Waals surface area contributed by atoms with Crippen LogP contribution < -0.4 is 14.8 Å². The van der Waals surface area contributed by atoms with Crippen molar-refractivity contribution in [3.63, 3.8) is 0 Å². The summed E-state index contributed by atoms with van der Waals surface area (Å²) < 4.78 is 34.3. The molecule has 5 heteroatoms. The van der Waals surface area contributed by atoms with E-state index >= 15 is 0 Å². The molecule has 0 aliphatic rings. The van der Waals surface area contributed by atoms with E-state index in [9.17, 15) is 8.78 Å². The smallest absolute Gasteiger partial charge is 0.387 e. The van der Waals surface area contributed by atoms with Crippen LogP contribution in [0, 0.1) is 13.8 Å². The summed E-state index contributed by atoms with van der Waals surface area (Å²) in [5.74, 6) is 0.327. The van der Waals surface area contributed by atoms with Crippen LogP contribution in [0.3, 0.4) is 0 Å². The first-order chi connectivity index (χ1) is 10.5. The molecule has 0 radical (unpaired) electrons. The molecule has 0 fully saturated rings. The van der Waals surface area contributed by atoms with Crippen LogP contribution in [0.5, 0.6) is 11.5 Å². The first-order valence-electron chi connectivity index (χ1n) is 6.92. The third kappa shape index (κ3) is 4.35. The molecular weight excluding hydrogens is 288 g/mol. The number of rotatable bonds is 6. The lowest BCUT2D eigenvalue weighted by atomic mass is 10.1. The molecule has 22 heavy (non-hydrogen) atoms. The van der Waals surface area contributed by atoms with Gasteiger partial charge in [-0.15, -0.1) is 0 Å². The molecule has 0 heterocycles. The highest BCUT2D eigenvalue weighted by Gasteiger charge is 2.11. The zero-order valence-electron chi connectivity index (χ0n) is 12.8. The van der Waals surface area contributed by atoms with E-state index in [0.29, 0.717) is 6.54 Å². The van der Waals surface area contributed by atoms with E-state index < -0.39 is 6.61 Å². The number of ether oxygens (including phenoxy) is 2. The lowest BCUT2D eigenvalue weighted by Crippen LogP contribution is -2.05. The molecule has 0 spiro atoms. The SMILES string of the molecule is COc1ccc(CNc2cc(C)cc(C)c2)cc1OC(F)F. The molecule has 2 aromatic rings. The van der Waals surface area contributed by atoms with Gasteiger partial charge in [0.15, 0.2) is 11.5 Å². The van der Waals surface area contributed by atoms with Crippen LogP contribution in [0.2, 0.25) is 0 Å². The Morgan fingerprint density at radius 3 is 2.27 bits per heavy atom. The summed E-state index contributed by atoms with van der Waals surface area (Å²) in [5.41, 5.74) is 4.15. The van der Waals surface area contributed by atoms with Crippen LogP contribution in [0.4, 0.5) is 14.5 Å². The molecule has 1 N–H and O–H groups in total. The third-order valence-corrected chi connectivity index (χ3v) is 3.16. The fraction of sp³-hybridized carbons (Fsp3) is 0.294. The molecule has 0 amide bonds. The van der Waals surface area contributed by atoms with E-state index in [1.807, 2.05) is 32.0 Å². The fourth-order valence-corrected chi connectivity index (χ4v) is 2.30. The Kier molecular flexibility index (Phi) is 5.20. The maximum absolute atomic E-state index is 12.4. The van der Waals surface area contributed by atoms with E-state index in [1.54, 1.807) is 12.1 Å². The molecule has 2 aromatic carbocycles. The number of nitrogens with one attached hydrogen (secondary N) is 1. The number of anilines is 1. The minimum atomic E-state index is -2.88. The van der Waals surface area contributed by atoms with Gasteiger partial charge in [-0.25, -0.2) is 0 Å². The third-order valence-electron chi connectivity index (χ3n) is 3.16. The van der Waals surface area contributed by atoms with Crippen molar-refractivity contribution in [3.05, 3.63) is 53.1 Å². The van der Waals surface area contributed by atoms with Gasteiger partial charge in [0.05, 0.1) is 7.11 Å². The molecule has 0 aliphatic heterocycles. The Bertz CT molecular complexity index is 624. The maximum atomic E-state index is 12.4. The van der Waals surface area contributed by atoms with Gasteiger partial charge in [-0.05, 0) is 54.8 Å². The summed E-state index contributed by atoms with van der Waals surface area (Å²) in [6.07, 6.45) is 0. The number of hydrogen-bond acceptors (Lipinski definition) is 3. The number of aryl methyl sites for hydroxylation is 2. The van der Waals surface area contributed by atoms with Gasteiger partial charge < -0.3 is 14.8 Å². The molecule has 0 saturated carbocycles. The van der Waals surface area contributed by atoms with E-state index in [4.69, 9.17) is 4.74 Å². The molecule has 3 nitrogen and oxygen atoms in total. The Morgan fingerprint density at radius 1 is 1.00 bits per heavy atom. The van der Waals surface area contributed by atoms with Crippen LogP contribution in [-0.4, -0.2) is 13.7 Å². The minimum absolute atomic E-state index is 0.0391. The van der Waals surface area contributed by atoms with E-state index in [1.165, 1.54) is 18.2 Å². The van der Waals surface area contributed by atoms with Crippen molar-refractivity contribution in [3.8, 4) is 11.5 Å². The molecule has 0 aliphatic carbocycles. The van der Waals surface area contributed by atoms with Gasteiger partial charge in [0.2, 0.25) is 0 Å². The summed E-state index contributed by atoms with van der Waals surface area (Å²) >= 11 is 0. The molecule has 118 valence electrons. The van der Waals surface area contributed by atoms with Crippen molar-refractivity contribution >= 4 is 5.69 Å². The van der Waals surface area contributed by atoms with Crippen LogP contribution in [-0.2, 0) is 6.54 Å². The van der Waals surface area contributed by atoms with Crippen molar-refractivity contribution in [1.29, 1.82) is 0 Å². The summed E-state index contributed by atoms with van der Waals surface area (Å²) in [7, 11) is 1.42. The molecule has 0 saturated heterocycles. The van der Waals surface area contributed by atoms with Gasteiger partial charge in [0, 0.05) is 12.2 Å². The number of halogens is 2. The number of alkyl halides is 2. The number of benzene rings is 2. The van der Waals surface area contributed by atoms with Gasteiger partial charge in [-0.1, -0.05) is 12.1 Å². The number of hydrogen-bond donors (Lipinski definition) is 1. The second kappa shape index (κ2) is 7.11. The van der Waals surface area contributed by atoms with Crippen molar-refractivity contribution in [2.24, 2.45) is 0 Å². The Morgan fingerprint density at radius 2 is 1.68 bits per heavy atom. The van der Waals surface area contributed by atoms with Crippen molar-refractivity contribution in [1.82, 2.24) is 0 Å². The minimum Gasteiger partial charge on any atom is -0.493 e. The van der Waals surface area contributed by atoms with Crippen LogP contribution >= 0.6 is 0 Å². The fourth-order valence-electron chi connectivity index (χ4n) is 2.30. The summed E-state index contributed by atoms with van der Waals surface area (Å²) in [6, 6.07) is 11.1. The van der Waals surface area contributed by atoms with Gasteiger partial charge in [0.25, 0.3) is 0 Å². The highest BCUT2D eigenvalue weighted by atomic mass is 19.3. The summed E-state index contributed by atoms with van der Waals surface area (Å²) in [4.78, 5) is 0. The Balaban J connectivity index is 2.12. The van der Waals surface area contributed by atoms with Crippen molar-refractivity contribution in [2.75, 3.05) is 12.4 Å². The summed E-state index contributed by atoms with van der Waals surface area (Å²) in [6.45, 7) is 1.68. The van der Waals surface area contributed by atoms with Crippen LogP contribution in [0.25, 0.3) is 0 Å². The molecular formula is C17H19F2NO2. The molecule has 0 atom stereocenters. The predicted octanol–water partition coefficient (Wildman–Crippen LogP) is 4.53. The van der Waals surface area contributed by atoms with Crippen molar-refractivity contribution < 1.29 is 18.3 Å². The van der Waals surface area contributed by atoms with E-state index in [-0.39, 0.29) is 11.5 Å². The highest BCUT2D eigenvalue weighted by Crippen LogP contribution is 2.29. The average Bonchev–Trinajstić information content (AvgIpc) is 2.44. The topological polar surface area (TPSA) is 30.5 Å². The zero-order valence-corrected chi connectivity index (χ0v) is 12.8. The first-order valence-corrected chi connectivity index (χ1v) is 6.92. The van der Waals surface area contributed by atoms with Gasteiger partial charge in [0.1, 0.15) is 0 Å². The first kappa shape index (κ1) is 16.1. The van der Waals surface area contributed by atoms with E-state index in [2.05, 4.69) is 16.1 Å². The largest absolute Gasteiger partial charge is 0.493 e. The Hall–Kier alpha value is -2.30. The second-order valence-corrected chi connectivity index (χ2v) is 5.09. The number of methoxy groups -OCH3 is 1. The average molecular weight is 307 g/mol. The van der Waals surface area contributed by atoms with Crippen LogP contribution in [0.1, 0.15) is 16.7 Å². The maximum Gasteiger partial charge on any atom is 0.387 e. The quantitative estimate of drug-likeness (QED) is 0.851. The lowest BCUT2D eigenvalue weighted by Gasteiger charge is -2.13. The Labute approximate surface area is 128 Å². The zero-order chi connectivity index (χ0) is 16.1. The van der Waals surface area contributed by atoms with E-state index in [0.717, 1.165) is 11.3 Å². The van der Waals surface area contributed by atoms with Gasteiger partial charge in [-0.3, -0.25) is 0 Å². The highest BCUT2D eigenvalue weighted by molar-refractivity contribution is 5.50.